The predicted molar refractivity (Wildman–Crippen MR) is 344 cm³/mol. The van der Waals surface area contributed by atoms with E-state index < -0.39 is 78.0 Å². The Morgan fingerprint density at radius 1 is 0.719 bits per heavy atom. The third kappa shape index (κ3) is 24.3. The number of methoxy groups -OCH3 is 2. The zero-order chi connectivity index (χ0) is 66.7. The summed E-state index contributed by atoms with van der Waals surface area (Å²) in [6.07, 6.45) is 3.65. The molecule has 2 aromatic rings. The summed E-state index contributed by atoms with van der Waals surface area (Å²) in [6, 6.07) is 12.8. The van der Waals surface area contributed by atoms with E-state index in [9.17, 15) is 53.1 Å². The number of primary amides is 1. The van der Waals surface area contributed by atoms with E-state index in [4.69, 9.17) is 20.9 Å². The number of ether oxygens (including phenoxy) is 2. The maximum atomic E-state index is 14.9. The zero-order valence-electron chi connectivity index (χ0n) is 55.6. The molecule has 1 fully saturated rings. The Hall–Kier alpha value is -6.58. The van der Waals surface area contributed by atoms with E-state index >= 15 is 0 Å². The van der Waals surface area contributed by atoms with E-state index in [2.05, 4.69) is 16.0 Å². The maximum absolute atomic E-state index is 14.9. The molecule has 498 valence electrons. The van der Waals surface area contributed by atoms with Crippen molar-refractivity contribution >= 4 is 64.6 Å². The van der Waals surface area contributed by atoms with Crippen LogP contribution in [0.25, 0.3) is 0 Å². The lowest BCUT2D eigenvalue weighted by molar-refractivity contribution is -0.150. The largest absolute Gasteiger partial charge is 0.481 e. The van der Waals surface area contributed by atoms with E-state index in [0.717, 1.165) is 24.0 Å². The van der Waals surface area contributed by atoms with Gasteiger partial charge in [-0.05, 0) is 105 Å². The van der Waals surface area contributed by atoms with Gasteiger partial charge >= 0.3 is 12.0 Å². The van der Waals surface area contributed by atoms with Crippen molar-refractivity contribution in [3.05, 3.63) is 65.7 Å². The van der Waals surface area contributed by atoms with E-state index in [1.807, 2.05) is 85.7 Å². The Bertz CT molecular complexity index is 2600. The molecule has 1 aliphatic rings. The molecule has 0 unspecified atom stereocenters. The molecule has 0 aromatic heterocycles. The van der Waals surface area contributed by atoms with Crippen LogP contribution in [0.2, 0.25) is 0 Å². The Morgan fingerprint density at radius 3 is 1.93 bits per heavy atom. The number of aliphatic carboxylic acids is 1. The van der Waals surface area contributed by atoms with Gasteiger partial charge in [0, 0.05) is 96.9 Å². The van der Waals surface area contributed by atoms with Crippen LogP contribution in [0.4, 0.5) is 10.5 Å². The molecule has 1 aliphatic heterocycles. The number of benzene rings is 2. The van der Waals surface area contributed by atoms with Gasteiger partial charge in [-0.2, -0.15) is 0 Å². The fourth-order valence-electron chi connectivity index (χ4n) is 12.5. The van der Waals surface area contributed by atoms with Crippen LogP contribution in [-0.2, 0) is 65.5 Å². The molecule has 1 saturated heterocycles. The van der Waals surface area contributed by atoms with Crippen molar-refractivity contribution in [1.82, 2.24) is 25.3 Å². The van der Waals surface area contributed by atoms with E-state index in [0.29, 0.717) is 57.3 Å². The number of likely N-dealkylation sites (tertiary alicyclic amines) is 1. The molecule has 0 spiro atoms. The summed E-state index contributed by atoms with van der Waals surface area (Å²) in [5.41, 5.74) is 12.9. The summed E-state index contributed by atoms with van der Waals surface area (Å²) in [5.74, 6) is -7.41. The van der Waals surface area contributed by atoms with Gasteiger partial charge in [0.25, 0.3) is 0 Å². The minimum atomic E-state index is -1.06. The second kappa shape index (κ2) is 38.9. The number of aryl methyl sites for hydroxylation is 1. The van der Waals surface area contributed by atoms with Gasteiger partial charge in [0.05, 0.1) is 48.7 Å². The maximum Gasteiger partial charge on any atom is 0.312 e. The van der Waals surface area contributed by atoms with Crippen LogP contribution in [0.3, 0.4) is 0 Å². The molecule has 0 bridgehead atoms. The van der Waals surface area contributed by atoms with Crippen molar-refractivity contribution in [2.75, 3.05) is 53.3 Å². The fraction of sp³-hybridized carbons (Fsp3) is 0.676. The first kappa shape index (κ1) is 76.7. The lowest BCUT2D eigenvalue weighted by Gasteiger charge is -2.41. The van der Waals surface area contributed by atoms with Gasteiger partial charge in [-0.1, -0.05) is 118 Å². The SMILES string of the molecule is CC[C@H](C)[C@@H]([C@@H](CC(=O)N1CCC[C@H]1[C@H](OC)[C@@H](C)C(=O)C[C@@H](Cc1ccccc1)C(=O)O)OC)N(C)C(=O)[C@@H](CC(=O)[C@H](C(C)C)N(C)C(=O)CCc1ccc(NC(=O)[C@H](CCCNC(N)=O)CC(=O)[C@@H](NC(=O)CCCCCN)C(C)C)cc1)C(C)C. The van der Waals surface area contributed by atoms with Crippen LogP contribution in [-0.4, -0.2) is 163 Å². The number of carboxylic acids is 1. The number of unbranched alkanes of at least 4 members (excludes halogenated alkanes) is 2. The summed E-state index contributed by atoms with van der Waals surface area (Å²) in [4.78, 5) is 141. The summed E-state index contributed by atoms with van der Waals surface area (Å²) in [5, 5.41) is 18.4. The lowest BCUT2D eigenvalue weighted by atomic mass is 9.83. The van der Waals surface area contributed by atoms with E-state index in [1.54, 1.807) is 55.1 Å². The summed E-state index contributed by atoms with van der Waals surface area (Å²) in [6.45, 7) is 18.1. The third-order valence-corrected chi connectivity index (χ3v) is 17.9. The number of urea groups is 1. The number of nitrogens with zero attached hydrogens (tertiary/aromatic N) is 3. The number of ketones is 3. The number of hydrogen-bond acceptors (Lipinski definition) is 13. The number of anilines is 1. The number of carbonyl (C=O) groups excluding carboxylic acids is 9. The van der Waals surface area contributed by atoms with Crippen LogP contribution in [0, 0.1) is 47.3 Å². The predicted octanol–water partition coefficient (Wildman–Crippen LogP) is 7.78. The monoisotopic (exact) mass is 1240 g/mol. The Kier molecular flexibility index (Phi) is 33.5. The van der Waals surface area contributed by atoms with E-state index in [1.165, 1.54) is 19.1 Å². The molecule has 21 nitrogen and oxygen atoms in total. The van der Waals surface area contributed by atoms with Gasteiger partial charge in [0.15, 0.2) is 11.6 Å². The molecule has 1 heterocycles. The highest BCUT2D eigenvalue weighted by Gasteiger charge is 2.44. The summed E-state index contributed by atoms with van der Waals surface area (Å²) >= 11 is 0. The topological polar surface area (TPSA) is 307 Å². The van der Waals surface area contributed by atoms with Crippen molar-refractivity contribution in [3.8, 4) is 0 Å². The Morgan fingerprint density at radius 2 is 1.37 bits per heavy atom. The fourth-order valence-corrected chi connectivity index (χ4v) is 12.5. The number of rotatable bonds is 42. The molecule has 0 radical (unpaired) electrons. The highest BCUT2D eigenvalue weighted by atomic mass is 16.5. The molecular formula is C68H108N8O13. The Labute approximate surface area is 529 Å². The minimum absolute atomic E-state index is 0.0658. The van der Waals surface area contributed by atoms with Crippen LogP contribution in [0.5, 0.6) is 0 Å². The number of nitrogens with one attached hydrogen (secondary N) is 3. The van der Waals surface area contributed by atoms with Crippen molar-refractivity contribution in [3.63, 3.8) is 0 Å². The smallest absolute Gasteiger partial charge is 0.312 e. The van der Waals surface area contributed by atoms with Crippen molar-refractivity contribution in [2.45, 2.75) is 201 Å². The molecule has 2 aromatic carbocycles. The molecule has 21 heteroatoms. The number of carbonyl (C=O) groups is 10. The minimum Gasteiger partial charge on any atom is -0.481 e. The highest BCUT2D eigenvalue weighted by Crippen LogP contribution is 2.33. The quantitative estimate of drug-likeness (QED) is 0.0346. The molecular weight excluding hydrogens is 1140 g/mol. The molecule has 0 aliphatic carbocycles. The average Bonchev–Trinajstić information content (AvgIpc) is 2.09. The van der Waals surface area contributed by atoms with Gasteiger partial charge in [-0.15, -0.1) is 0 Å². The van der Waals surface area contributed by atoms with Gasteiger partial charge in [-0.3, -0.25) is 43.2 Å². The summed E-state index contributed by atoms with van der Waals surface area (Å²) < 4.78 is 12.1. The molecule has 0 saturated carbocycles. The van der Waals surface area contributed by atoms with Crippen LogP contribution >= 0.6 is 0 Å². The first-order chi connectivity index (χ1) is 42.1. The standard InChI is InChI=1S/C68H108N8O13/c1-14-45(8)63(57(88-12)41-60(82)76-36-22-26-53(76)64(89-13)46(9)54(77)39-50(67(85)86)37-48-23-17-15-18-24-48)75(11)66(84)52(42(2)3)40-56(79)62(44(6)7)74(10)59(81)33-30-47-28-31-51(32-29-47)72-65(83)49(25-21-35-71-68(70)87)38-55(78)61(43(4)5)73-58(80)27-19-16-20-34-69/h15,17-18,23-24,28-29,31-32,42-46,49-50,52-53,57,61-64H,14,16,19-22,25-27,30,33-41,69H2,1-13H3,(H,72,83)(H,73,80)(H,85,86)(H3,70,71,87)/t45-,46-,49+,50+,52-,53-,57+,61-,62-,63-,64+/m0/s1. The van der Waals surface area contributed by atoms with Gasteiger partial charge in [0.2, 0.25) is 29.5 Å². The number of hydrogen-bond donors (Lipinski definition) is 6. The van der Waals surface area contributed by atoms with Gasteiger partial charge in [-0.25, -0.2) is 4.79 Å². The number of Topliss-reactive ketones (excluding diaryl/α,β-unsaturated/α-hetero) is 3. The molecule has 89 heavy (non-hydrogen) atoms. The average molecular weight is 1250 g/mol. The summed E-state index contributed by atoms with van der Waals surface area (Å²) in [7, 11) is 6.31. The van der Waals surface area contributed by atoms with Crippen LogP contribution in [0.15, 0.2) is 54.6 Å². The molecule has 3 rings (SSSR count). The number of likely N-dealkylation sites (N-methyl/N-ethyl adjacent to an activating group) is 2. The van der Waals surface area contributed by atoms with Crippen molar-refractivity contribution in [2.24, 2.45) is 58.8 Å². The lowest BCUT2D eigenvalue weighted by Crippen LogP contribution is -2.54. The van der Waals surface area contributed by atoms with Crippen LogP contribution in [0.1, 0.15) is 163 Å². The zero-order valence-corrected chi connectivity index (χ0v) is 55.6. The normalized spacial score (nSPS) is 16.7. The molecule has 8 N–H and O–H groups in total. The van der Waals surface area contributed by atoms with Gasteiger partial charge in [0.1, 0.15) is 5.78 Å². The molecule has 11 atom stereocenters. The third-order valence-electron chi connectivity index (χ3n) is 17.9. The van der Waals surface area contributed by atoms with E-state index in [-0.39, 0.29) is 123 Å². The number of amides is 7. The second-order valence-corrected chi connectivity index (χ2v) is 25.6. The first-order valence-corrected chi connectivity index (χ1v) is 32.3. The first-order valence-electron chi connectivity index (χ1n) is 32.3. The number of carboxylic acid groups (broad SMARTS) is 1. The van der Waals surface area contributed by atoms with Crippen molar-refractivity contribution < 1.29 is 62.5 Å². The second-order valence-electron chi connectivity index (χ2n) is 25.6. The van der Waals surface area contributed by atoms with Crippen LogP contribution < -0.4 is 27.4 Å². The van der Waals surface area contributed by atoms with Crippen molar-refractivity contribution in [1.29, 1.82) is 0 Å². The highest BCUT2D eigenvalue weighted by molar-refractivity contribution is 5.98. The van der Waals surface area contributed by atoms with Gasteiger partial charge < -0.3 is 56.7 Å². The molecule has 7 amide bonds. The number of nitrogens with two attached hydrogens (primary N) is 2. The Balaban J connectivity index is 1.71.